The maximum absolute atomic E-state index is 11.8. The predicted molar refractivity (Wildman–Crippen MR) is 105 cm³/mol. The third-order valence-electron chi connectivity index (χ3n) is 5.59. The summed E-state index contributed by atoms with van der Waals surface area (Å²) in [4.78, 5) is 30.8. The van der Waals surface area contributed by atoms with Gasteiger partial charge in [0.2, 0.25) is 0 Å². The first kappa shape index (κ1) is 20.5. The number of aromatic nitrogens is 1. The standard InChI is InChI=1S/C19H29N5O4/c1-13-11-22(12-14(2)28-13)6-3-15-4-7-23(8-5-15)19-17(18(20)25)9-16(10-21-19)24(26)27/h9-10,13-15H,3-8,11-12H2,1-2H3,(H2,20,25). The van der Waals surface area contributed by atoms with E-state index < -0.39 is 10.8 Å². The molecule has 9 nitrogen and oxygen atoms in total. The minimum Gasteiger partial charge on any atom is -0.373 e. The number of piperidine rings is 1. The molecule has 0 aromatic carbocycles. The van der Waals surface area contributed by atoms with Crippen LogP contribution in [0.15, 0.2) is 12.3 Å². The van der Waals surface area contributed by atoms with Gasteiger partial charge in [0, 0.05) is 32.2 Å². The van der Waals surface area contributed by atoms with Crippen molar-refractivity contribution in [3.05, 3.63) is 27.9 Å². The monoisotopic (exact) mass is 391 g/mol. The highest BCUT2D eigenvalue weighted by atomic mass is 16.6. The van der Waals surface area contributed by atoms with Crippen molar-refractivity contribution in [2.75, 3.05) is 37.6 Å². The van der Waals surface area contributed by atoms with Gasteiger partial charge in [0.15, 0.2) is 0 Å². The van der Waals surface area contributed by atoms with E-state index in [0.717, 1.165) is 52.0 Å². The fourth-order valence-electron chi connectivity index (χ4n) is 4.25. The number of nitrogens with two attached hydrogens (primary N) is 1. The molecule has 2 aliphatic heterocycles. The molecule has 0 saturated carbocycles. The van der Waals surface area contributed by atoms with Crippen LogP contribution in [0.4, 0.5) is 11.5 Å². The summed E-state index contributed by atoms with van der Waals surface area (Å²) in [5.41, 5.74) is 5.32. The largest absolute Gasteiger partial charge is 0.373 e. The first-order valence-electron chi connectivity index (χ1n) is 9.90. The number of nitro groups is 1. The minimum absolute atomic E-state index is 0.115. The van der Waals surface area contributed by atoms with Gasteiger partial charge in [-0.1, -0.05) is 0 Å². The molecule has 1 aromatic rings. The number of morpholine rings is 1. The lowest BCUT2D eigenvalue weighted by Gasteiger charge is -2.37. The van der Waals surface area contributed by atoms with Gasteiger partial charge in [-0.3, -0.25) is 19.8 Å². The van der Waals surface area contributed by atoms with Crippen molar-refractivity contribution in [2.45, 2.75) is 45.3 Å². The summed E-state index contributed by atoms with van der Waals surface area (Å²) in [7, 11) is 0. The first-order chi connectivity index (χ1) is 13.3. The number of carbonyl (C=O) groups is 1. The number of anilines is 1. The Morgan fingerprint density at radius 2 is 1.96 bits per heavy atom. The molecule has 2 atom stereocenters. The fourth-order valence-corrected chi connectivity index (χ4v) is 4.25. The van der Waals surface area contributed by atoms with Gasteiger partial charge in [-0.25, -0.2) is 4.98 Å². The van der Waals surface area contributed by atoms with Crippen LogP contribution in [0.3, 0.4) is 0 Å². The molecular formula is C19H29N5O4. The van der Waals surface area contributed by atoms with Crippen molar-refractivity contribution < 1.29 is 14.5 Å². The van der Waals surface area contributed by atoms with E-state index in [1.165, 1.54) is 12.3 Å². The smallest absolute Gasteiger partial charge is 0.288 e. The van der Waals surface area contributed by atoms with Crippen molar-refractivity contribution in [3.8, 4) is 0 Å². The van der Waals surface area contributed by atoms with Gasteiger partial charge in [0.05, 0.1) is 22.7 Å². The highest BCUT2D eigenvalue weighted by Gasteiger charge is 2.27. The van der Waals surface area contributed by atoms with Gasteiger partial charge < -0.3 is 15.4 Å². The summed E-state index contributed by atoms with van der Waals surface area (Å²) in [6, 6.07) is 1.22. The van der Waals surface area contributed by atoms with Gasteiger partial charge >= 0.3 is 0 Å². The highest BCUT2D eigenvalue weighted by Crippen LogP contribution is 2.28. The number of primary amides is 1. The molecule has 1 aromatic heterocycles. The first-order valence-corrected chi connectivity index (χ1v) is 9.90. The van der Waals surface area contributed by atoms with Crippen LogP contribution < -0.4 is 10.6 Å². The topological polar surface area (TPSA) is 115 Å². The molecule has 2 fully saturated rings. The second kappa shape index (κ2) is 8.83. The molecule has 0 radical (unpaired) electrons. The highest BCUT2D eigenvalue weighted by molar-refractivity contribution is 5.98. The van der Waals surface area contributed by atoms with E-state index in [1.54, 1.807) is 0 Å². The molecule has 28 heavy (non-hydrogen) atoms. The summed E-state index contributed by atoms with van der Waals surface area (Å²) in [6.45, 7) is 8.82. The van der Waals surface area contributed by atoms with Crippen molar-refractivity contribution in [1.82, 2.24) is 9.88 Å². The second-order valence-electron chi connectivity index (χ2n) is 7.92. The number of amides is 1. The molecule has 1 amide bonds. The number of pyridine rings is 1. The molecule has 2 saturated heterocycles. The van der Waals surface area contributed by atoms with Gasteiger partial charge in [-0.05, 0) is 45.6 Å². The van der Waals surface area contributed by atoms with Crippen LogP contribution in [0.25, 0.3) is 0 Å². The van der Waals surface area contributed by atoms with E-state index >= 15 is 0 Å². The number of hydrogen-bond acceptors (Lipinski definition) is 7. The molecule has 3 heterocycles. The lowest BCUT2D eigenvalue weighted by Crippen LogP contribution is -2.46. The minimum atomic E-state index is -0.691. The van der Waals surface area contributed by atoms with E-state index in [-0.39, 0.29) is 23.5 Å². The number of nitrogens with zero attached hydrogens (tertiary/aromatic N) is 4. The maximum atomic E-state index is 11.8. The predicted octanol–water partition coefficient (Wildman–Crippen LogP) is 1.80. The zero-order chi connectivity index (χ0) is 20.3. The van der Waals surface area contributed by atoms with Crippen LogP contribution in [0, 0.1) is 16.0 Å². The Kier molecular flexibility index (Phi) is 6.46. The Balaban J connectivity index is 1.55. The van der Waals surface area contributed by atoms with Crippen molar-refractivity contribution in [2.24, 2.45) is 11.7 Å². The number of hydrogen-bond donors (Lipinski definition) is 1. The lowest BCUT2D eigenvalue weighted by molar-refractivity contribution is -0.385. The Hall–Kier alpha value is -2.26. The molecule has 154 valence electrons. The third kappa shape index (κ3) is 4.96. The Labute approximate surface area is 165 Å². The SMILES string of the molecule is CC1CN(CCC2CCN(c3ncc([N+](=O)[O-])cc3C(N)=O)CC2)CC(C)O1. The molecule has 0 bridgehead atoms. The lowest BCUT2D eigenvalue weighted by atomic mass is 9.93. The summed E-state index contributed by atoms with van der Waals surface area (Å²) in [5.74, 6) is 0.385. The van der Waals surface area contributed by atoms with Crippen LogP contribution in [0.2, 0.25) is 0 Å². The zero-order valence-electron chi connectivity index (χ0n) is 16.5. The number of ether oxygens (including phenoxy) is 1. The van der Waals surface area contributed by atoms with E-state index in [9.17, 15) is 14.9 Å². The molecule has 0 aliphatic carbocycles. The van der Waals surface area contributed by atoms with Crippen LogP contribution in [0.1, 0.15) is 43.5 Å². The van der Waals surface area contributed by atoms with Gasteiger partial charge in [0.25, 0.3) is 11.6 Å². The molecule has 2 aliphatic rings. The quantitative estimate of drug-likeness (QED) is 0.581. The molecule has 0 spiro atoms. The van der Waals surface area contributed by atoms with Crippen LogP contribution in [0.5, 0.6) is 0 Å². The summed E-state index contributed by atoms with van der Waals surface area (Å²) >= 11 is 0. The number of carbonyl (C=O) groups excluding carboxylic acids is 1. The zero-order valence-corrected chi connectivity index (χ0v) is 16.5. The van der Waals surface area contributed by atoms with Crippen molar-refractivity contribution in [1.29, 1.82) is 0 Å². The number of rotatable bonds is 6. The molecule has 3 rings (SSSR count). The van der Waals surface area contributed by atoms with Gasteiger partial charge in [-0.15, -0.1) is 0 Å². The molecule has 9 heteroatoms. The molecule has 2 unspecified atom stereocenters. The van der Waals surface area contributed by atoms with Gasteiger partial charge in [-0.2, -0.15) is 0 Å². The Morgan fingerprint density at radius 3 is 2.54 bits per heavy atom. The van der Waals surface area contributed by atoms with Crippen LogP contribution in [-0.2, 0) is 4.74 Å². The van der Waals surface area contributed by atoms with E-state index in [1.807, 2.05) is 4.90 Å². The van der Waals surface area contributed by atoms with Gasteiger partial charge in [0.1, 0.15) is 12.0 Å². The normalized spacial score (nSPS) is 24.3. The van der Waals surface area contributed by atoms with Crippen molar-refractivity contribution in [3.63, 3.8) is 0 Å². The van der Waals surface area contributed by atoms with E-state index in [2.05, 4.69) is 23.7 Å². The average molecular weight is 391 g/mol. The maximum Gasteiger partial charge on any atom is 0.288 e. The summed E-state index contributed by atoms with van der Waals surface area (Å²) in [6.07, 6.45) is 4.91. The van der Waals surface area contributed by atoms with E-state index in [4.69, 9.17) is 10.5 Å². The fraction of sp³-hybridized carbons (Fsp3) is 0.684. The average Bonchev–Trinajstić information content (AvgIpc) is 2.65. The summed E-state index contributed by atoms with van der Waals surface area (Å²) < 4.78 is 5.79. The van der Waals surface area contributed by atoms with Crippen molar-refractivity contribution >= 4 is 17.4 Å². The third-order valence-corrected chi connectivity index (χ3v) is 5.59. The second-order valence-corrected chi connectivity index (χ2v) is 7.92. The Bertz CT molecular complexity index is 710. The Morgan fingerprint density at radius 1 is 1.32 bits per heavy atom. The molecule has 2 N–H and O–H groups in total. The summed E-state index contributed by atoms with van der Waals surface area (Å²) in [5, 5.41) is 10.9. The van der Waals surface area contributed by atoms with E-state index in [0.29, 0.717) is 11.7 Å². The molecular weight excluding hydrogens is 362 g/mol. The van der Waals surface area contributed by atoms with Crippen LogP contribution in [-0.4, -0.2) is 65.6 Å². The van der Waals surface area contributed by atoms with Crippen LogP contribution >= 0.6 is 0 Å².